The van der Waals surface area contributed by atoms with E-state index in [4.69, 9.17) is 0 Å². The number of alkyl halides is 5. The first-order chi connectivity index (χ1) is 18.4. The molecule has 1 amide bonds. The van der Waals surface area contributed by atoms with Gasteiger partial charge in [-0.25, -0.2) is 18.4 Å². The number of nitrogens with zero attached hydrogens (tertiary/aromatic N) is 3. The third kappa shape index (κ3) is 7.47. The Bertz CT molecular complexity index is 1320. The van der Waals surface area contributed by atoms with Crippen molar-refractivity contribution in [3.63, 3.8) is 0 Å². The van der Waals surface area contributed by atoms with E-state index in [0.29, 0.717) is 0 Å². The molecule has 1 aliphatic rings. The average Bonchev–Trinajstić information content (AvgIpc) is 3.17. The van der Waals surface area contributed by atoms with Crippen molar-refractivity contribution in [1.29, 1.82) is 0 Å². The molecule has 2 N–H and O–H groups in total. The molecule has 0 saturated heterocycles. The summed E-state index contributed by atoms with van der Waals surface area (Å²) in [6, 6.07) is 1.07. The predicted octanol–water partition coefficient (Wildman–Crippen LogP) is 3.93. The summed E-state index contributed by atoms with van der Waals surface area (Å²) < 4.78 is 95.1. The van der Waals surface area contributed by atoms with Crippen molar-refractivity contribution in [2.45, 2.75) is 82.9 Å². The van der Waals surface area contributed by atoms with Crippen molar-refractivity contribution < 1.29 is 45.0 Å². The van der Waals surface area contributed by atoms with Crippen molar-refractivity contribution in [3.05, 3.63) is 35.0 Å². The molecule has 9 nitrogen and oxygen atoms in total. The molecular formula is C25H33F5N4O5S. The van der Waals surface area contributed by atoms with E-state index >= 15 is 0 Å². The Hall–Kier alpha value is -2.81. The maximum Gasteiger partial charge on any atom is 0.391 e. The van der Waals surface area contributed by atoms with Crippen LogP contribution in [0.1, 0.15) is 67.1 Å². The number of hydrogen-bond acceptors (Lipinski definition) is 7. The standard InChI is InChI=1S/C25H33F5N4O5S/c1-5-19-33-20(22(35)32-13-24(36)8-6-17(7-9-24)40(4,37)38)15(3)34(19)21-18(39-23(26)27)11-16(12-31-21)10-14(2)25(28,29)30/h11-12,14,17,23,36H,5-10,13H2,1-4H3,(H,32,35). The monoisotopic (exact) mass is 596 g/mol. The summed E-state index contributed by atoms with van der Waals surface area (Å²) in [6.45, 7) is 0.734. The Kier molecular flexibility index (Phi) is 9.49. The van der Waals surface area contributed by atoms with E-state index in [1.54, 1.807) is 6.92 Å². The van der Waals surface area contributed by atoms with E-state index < -0.39 is 57.5 Å². The zero-order chi connectivity index (χ0) is 30.0. The highest BCUT2D eigenvalue weighted by Crippen LogP contribution is 2.33. The Morgan fingerprint density at radius 1 is 1.30 bits per heavy atom. The summed E-state index contributed by atoms with van der Waals surface area (Å²) in [4.78, 5) is 21.5. The van der Waals surface area contributed by atoms with E-state index in [1.165, 1.54) is 11.5 Å². The first-order valence-electron chi connectivity index (χ1n) is 12.7. The Balaban J connectivity index is 1.86. The van der Waals surface area contributed by atoms with Gasteiger partial charge in [0.25, 0.3) is 5.91 Å². The van der Waals surface area contributed by atoms with Crippen LogP contribution in [0.4, 0.5) is 22.0 Å². The molecule has 15 heteroatoms. The Labute approximate surface area is 229 Å². The number of aryl methyl sites for hydroxylation is 1. The van der Waals surface area contributed by atoms with E-state index in [2.05, 4.69) is 20.0 Å². The van der Waals surface area contributed by atoms with Gasteiger partial charge < -0.3 is 15.2 Å². The van der Waals surface area contributed by atoms with E-state index in [0.717, 1.165) is 25.4 Å². The minimum atomic E-state index is -4.48. The number of amides is 1. The van der Waals surface area contributed by atoms with Crippen LogP contribution in [0, 0.1) is 12.8 Å². The van der Waals surface area contributed by atoms with Gasteiger partial charge in [-0.1, -0.05) is 13.8 Å². The number of sulfone groups is 1. The molecule has 0 aromatic carbocycles. The molecule has 0 radical (unpaired) electrons. The second kappa shape index (κ2) is 12.0. The summed E-state index contributed by atoms with van der Waals surface area (Å²) in [5.74, 6) is -2.77. The normalized spacial score (nSPS) is 20.9. The van der Waals surface area contributed by atoms with Crippen LogP contribution in [-0.2, 0) is 22.7 Å². The molecule has 0 aliphatic heterocycles. The molecule has 2 aromatic rings. The quantitative estimate of drug-likeness (QED) is 0.399. The molecule has 0 spiro atoms. The number of hydrogen-bond donors (Lipinski definition) is 2. The van der Waals surface area contributed by atoms with Crippen LogP contribution in [0.5, 0.6) is 5.75 Å². The number of aromatic nitrogens is 3. The summed E-state index contributed by atoms with van der Waals surface area (Å²) in [5, 5.41) is 12.9. The van der Waals surface area contributed by atoms with Crippen LogP contribution in [0.2, 0.25) is 0 Å². The number of halogens is 5. The van der Waals surface area contributed by atoms with Crippen LogP contribution in [0.3, 0.4) is 0 Å². The van der Waals surface area contributed by atoms with Crippen molar-refractivity contribution in [1.82, 2.24) is 19.9 Å². The minimum absolute atomic E-state index is 0.0387. The maximum absolute atomic E-state index is 13.2. The SMILES string of the molecule is CCc1nc(C(=O)NCC2(O)CCC(S(C)(=O)=O)CC2)c(C)n1-c1ncc(CC(C)C(F)(F)F)cc1OC(F)F. The van der Waals surface area contributed by atoms with Gasteiger partial charge >= 0.3 is 12.8 Å². The van der Waals surface area contributed by atoms with Gasteiger partial charge in [-0.05, 0) is 50.7 Å². The molecule has 0 bridgehead atoms. The highest BCUT2D eigenvalue weighted by Gasteiger charge is 2.38. The minimum Gasteiger partial charge on any atom is -0.431 e. The predicted molar refractivity (Wildman–Crippen MR) is 135 cm³/mol. The van der Waals surface area contributed by atoms with Gasteiger partial charge in [-0.3, -0.25) is 9.36 Å². The summed E-state index contributed by atoms with van der Waals surface area (Å²) in [6.07, 6.45) is -1.58. The molecule has 1 aliphatic carbocycles. The second-order valence-corrected chi connectivity index (χ2v) is 12.6. The average molecular weight is 597 g/mol. The zero-order valence-corrected chi connectivity index (χ0v) is 23.4. The lowest BCUT2D eigenvalue weighted by Crippen LogP contribution is -2.47. The van der Waals surface area contributed by atoms with Crippen LogP contribution >= 0.6 is 0 Å². The lowest BCUT2D eigenvalue weighted by molar-refractivity contribution is -0.169. The van der Waals surface area contributed by atoms with Gasteiger partial charge in [0.2, 0.25) is 0 Å². The molecule has 1 atom stereocenters. The molecule has 2 aromatic heterocycles. The molecule has 1 saturated carbocycles. The fraction of sp³-hybridized carbons (Fsp3) is 0.640. The number of carbonyl (C=O) groups excluding carboxylic acids is 1. The molecule has 40 heavy (non-hydrogen) atoms. The number of ether oxygens (including phenoxy) is 1. The van der Waals surface area contributed by atoms with Gasteiger partial charge in [0.05, 0.1) is 22.5 Å². The maximum atomic E-state index is 13.2. The van der Waals surface area contributed by atoms with Crippen LogP contribution in [0.15, 0.2) is 12.3 Å². The topological polar surface area (TPSA) is 123 Å². The fourth-order valence-electron chi connectivity index (χ4n) is 4.76. The summed E-state index contributed by atoms with van der Waals surface area (Å²) >= 11 is 0. The number of pyridine rings is 1. The highest BCUT2D eigenvalue weighted by molar-refractivity contribution is 7.91. The fourth-order valence-corrected chi connectivity index (χ4v) is 5.86. The number of nitrogens with one attached hydrogen (secondary N) is 1. The third-order valence-electron chi connectivity index (χ3n) is 7.17. The Morgan fingerprint density at radius 2 is 1.93 bits per heavy atom. The van der Waals surface area contributed by atoms with Crippen LogP contribution in [-0.4, -0.2) is 70.4 Å². The largest absolute Gasteiger partial charge is 0.431 e. The number of imidazole rings is 1. The zero-order valence-electron chi connectivity index (χ0n) is 22.6. The van der Waals surface area contributed by atoms with Gasteiger partial charge in [0.15, 0.2) is 11.6 Å². The molecule has 1 unspecified atom stereocenters. The molecule has 224 valence electrons. The molecule has 3 rings (SSSR count). The third-order valence-corrected chi connectivity index (χ3v) is 8.86. The van der Waals surface area contributed by atoms with Crippen LogP contribution in [0.25, 0.3) is 5.82 Å². The Morgan fingerprint density at radius 3 is 2.45 bits per heavy atom. The molecule has 1 fully saturated rings. The van der Waals surface area contributed by atoms with E-state index in [9.17, 15) is 40.3 Å². The van der Waals surface area contributed by atoms with Gasteiger partial charge in [-0.15, -0.1) is 0 Å². The lowest BCUT2D eigenvalue weighted by atomic mass is 9.84. The smallest absolute Gasteiger partial charge is 0.391 e. The first-order valence-corrected chi connectivity index (χ1v) is 14.7. The van der Waals surface area contributed by atoms with E-state index in [1.807, 2.05) is 0 Å². The molecular weight excluding hydrogens is 563 g/mol. The number of aliphatic hydroxyl groups is 1. The van der Waals surface area contributed by atoms with Gasteiger partial charge in [0.1, 0.15) is 21.4 Å². The summed E-state index contributed by atoms with van der Waals surface area (Å²) in [7, 11) is -3.24. The van der Waals surface area contributed by atoms with Crippen molar-refractivity contribution >= 4 is 15.7 Å². The highest BCUT2D eigenvalue weighted by atomic mass is 32.2. The van der Waals surface area contributed by atoms with Crippen LogP contribution < -0.4 is 10.1 Å². The number of rotatable bonds is 10. The van der Waals surface area contributed by atoms with Gasteiger partial charge in [-0.2, -0.15) is 22.0 Å². The summed E-state index contributed by atoms with van der Waals surface area (Å²) in [5.41, 5.74) is -1.11. The van der Waals surface area contributed by atoms with Crippen molar-refractivity contribution in [2.75, 3.05) is 12.8 Å². The van der Waals surface area contributed by atoms with E-state index in [-0.39, 0.29) is 67.2 Å². The first kappa shape index (κ1) is 31.7. The molecule has 2 heterocycles. The second-order valence-electron chi connectivity index (χ2n) is 10.3. The number of carbonyl (C=O) groups is 1. The van der Waals surface area contributed by atoms with Gasteiger partial charge in [0, 0.05) is 25.4 Å². The van der Waals surface area contributed by atoms with Crippen molar-refractivity contribution in [2.24, 2.45) is 5.92 Å². The van der Waals surface area contributed by atoms with Crippen molar-refractivity contribution in [3.8, 4) is 11.6 Å². The lowest BCUT2D eigenvalue weighted by Gasteiger charge is -2.35.